The molecule has 5 nitrogen and oxygen atoms in total. The molecule has 118 valence electrons. The van der Waals surface area contributed by atoms with Gasteiger partial charge in [0.15, 0.2) is 0 Å². The molecule has 0 aromatic carbocycles. The number of hydrogen-bond acceptors (Lipinski definition) is 5. The Balaban J connectivity index is 2.47. The molecule has 1 aromatic heterocycles. The first kappa shape index (κ1) is 17.6. The van der Waals surface area contributed by atoms with E-state index >= 15 is 0 Å². The molecule has 1 rings (SSSR count). The molecule has 1 atom stereocenters. The highest BCUT2D eigenvalue weighted by Crippen LogP contribution is 2.00. The van der Waals surface area contributed by atoms with Crippen molar-refractivity contribution < 1.29 is 9.53 Å². The van der Waals surface area contributed by atoms with Crippen molar-refractivity contribution in [2.45, 2.75) is 39.3 Å². The van der Waals surface area contributed by atoms with Crippen LogP contribution in [-0.4, -0.2) is 54.7 Å². The van der Waals surface area contributed by atoms with Gasteiger partial charge in [-0.1, -0.05) is 19.9 Å². The van der Waals surface area contributed by atoms with Crippen LogP contribution in [0.3, 0.4) is 0 Å². The molecule has 5 heteroatoms. The molecule has 21 heavy (non-hydrogen) atoms. The lowest BCUT2D eigenvalue weighted by atomic mass is 10.2. The lowest BCUT2D eigenvalue weighted by Gasteiger charge is -2.25. The summed E-state index contributed by atoms with van der Waals surface area (Å²) in [5.74, 6) is -0.184. The highest BCUT2D eigenvalue weighted by molar-refractivity contribution is 5.76. The molecule has 0 amide bonds. The van der Waals surface area contributed by atoms with E-state index in [1.54, 1.807) is 6.20 Å². The maximum atomic E-state index is 12.0. The van der Waals surface area contributed by atoms with Gasteiger partial charge < -0.3 is 15.0 Å². The van der Waals surface area contributed by atoms with Crippen LogP contribution in [0.1, 0.15) is 26.5 Å². The number of aromatic nitrogens is 1. The summed E-state index contributed by atoms with van der Waals surface area (Å²) in [6.07, 6.45) is 2.67. The Labute approximate surface area is 127 Å². The molecule has 0 radical (unpaired) electrons. The first-order chi connectivity index (χ1) is 10.0. The van der Waals surface area contributed by atoms with Crippen LogP contribution < -0.4 is 5.32 Å². The summed E-state index contributed by atoms with van der Waals surface area (Å²) >= 11 is 0. The van der Waals surface area contributed by atoms with Gasteiger partial charge >= 0.3 is 5.97 Å². The number of carbonyl (C=O) groups is 1. The van der Waals surface area contributed by atoms with E-state index in [4.69, 9.17) is 4.74 Å². The highest BCUT2D eigenvalue weighted by Gasteiger charge is 2.21. The second-order valence-electron chi connectivity index (χ2n) is 5.46. The predicted molar refractivity (Wildman–Crippen MR) is 84.1 cm³/mol. The van der Waals surface area contributed by atoms with Gasteiger partial charge in [-0.15, -0.1) is 0 Å². The van der Waals surface area contributed by atoms with Crippen molar-refractivity contribution in [1.82, 2.24) is 15.2 Å². The van der Waals surface area contributed by atoms with Crippen LogP contribution in [0.2, 0.25) is 0 Å². The molecule has 1 heterocycles. The topological polar surface area (TPSA) is 54.5 Å². The van der Waals surface area contributed by atoms with E-state index in [2.05, 4.69) is 15.2 Å². The van der Waals surface area contributed by atoms with E-state index in [1.807, 2.05) is 46.0 Å². The third-order valence-corrected chi connectivity index (χ3v) is 3.08. The monoisotopic (exact) mass is 293 g/mol. The Kier molecular flexibility index (Phi) is 7.93. The normalized spacial score (nSPS) is 12.7. The second kappa shape index (κ2) is 9.47. The van der Waals surface area contributed by atoms with Gasteiger partial charge in [0.1, 0.15) is 6.04 Å². The minimum Gasteiger partial charge on any atom is -0.465 e. The van der Waals surface area contributed by atoms with Gasteiger partial charge in [0.05, 0.1) is 6.61 Å². The van der Waals surface area contributed by atoms with Crippen LogP contribution in [0.5, 0.6) is 0 Å². The van der Waals surface area contributed by atoms with E-state index < -0.39 is 0 Å². The zero-order chi connectivity index (χ0) is 15.7. The van der Waals surface area contributed by atoms with Gasteiger partial charge in [0.25, 0.3) is 0 Å². The lowest BCUT2D eigenvalue weighted by Crippen LogP contribution is -2.48. The molecule has 1 aromatic rings. The van der Waals surface area contributed by atoms with Gasteiger partial charge in [0.2, 0.25) is 0 Å². The summed E-state index contributed by atoms with van der Waals surface area (Å²) in [6, 6.07) is 5.87. The summed E-state index contributed by atoms with van der Waals surface area (Å²) in [7, 11) is 2.01. The van der Waals surface area contributed by atoms with Crippen LogP contribution in [0, 0.1) is 0 Å². The maximum absolute atomic E-state index is 12.0. The average molecular weight is 293 g/mol. The van der Waals surface area contributed by atoms with Crippen molar-refractivity contribution in [2.75, 3.05) is 26.7 Å². The summed E-state index contributed by atoms with van der Waals surface area (Å²) in [5, 5.41) is 3.26. The van der Waals surface area contributed by atoms with Crippen molar-refractivity contribution >= 4 is 5.97 Å². The smallest absolute Gasteiger partial charge is 0.324 e. The number of likely N-dealkylation sites (N-methyl/N-ethyl adjacent to an activating group) is 1. The Morgan fingerprint density at radius 1 is 1.43 bits per heavy atom. The molecule has 0 spiro atoms. The number of carbonyl (C=O) groups excluding carboxylic acids is 1. The van der Waals surface area contributed by atoms with Gasteiger partial charge in [-0.05, 0) is 26.1 Å². The quantitative estimate of drug-likeness (QED) is 0.699. The maximum Gasteiger partial charge on any atom is 0.324 e. The third kappa shape index (κ3) is 7.20. The van der Waals surface area contributed by atoms with Gasteiger partial charge in [-0.2, -0.15) is 0 Å². The van der Waals surface area contributed by atoms with Gasteiger partial charge in [0, 0.05) is 37.4 Å². The van der Waals surface area contributed by atoms with E-state index in [1.165, 1.54) is 0 Å². The van der Waals surface area contributed by atoms with Crippen molar-refractivity contribution in [2.24, 2.45) is 0 Å². The number of nitrogens with zero attached hydrogens (tertiary/aromatic N) is 2. The van der Waals surface area contributed by atoms with E-state index in [9.17, 15) is 4.79 Å². The molecule has 0 aliphatic heterocycles. The first-order valence-electron chi connectivity index (χ1n) is 7.54. The predicted octanol–water partition coefficient (Wildman–Crippen LogP) is 1.49. The fourth-order valence-electron chi connectivity index (χ4n) is 2.09. The molecular formula is C16H27N3O2. The largest absolute Gasteiger partial charge is 0.465 e. The molecule has 0 aliphatic rings. The molecular weight excluding hydrogens is 266 g/mol. The molecule has 0 bridgehead atoms. The Morgan fingerprint density at radius 2 is 2.19 bits per heavy atom. The summed E-state index contributed by atoms with van der Waals surface area (Å²) in [4.78, 5) is 18.4. The molecule has 1 unspecified atom stereocenters. The summed E-state index contributed by atoms with van der Waals surface area (Å²) in [5.41, 5.74) is 1.06. The minimum atomic E-state index is -0.293. The Bertz CT molecular complexity index is 409. The summed E-state index contributed by atoms with van der Waals surface area (Å²) in [6.45, 7) is 7.78. The molecule has 0 fully saturated rings. The fraction of sp³-hybridized carbons (Fsp3) is 0.625. The van der Waals surface area contributed by atoms with Crippen LogP contribution in [0.25, 0.3) is 0 Å². The standard InChI is InChI=1S/C16H27N3O2/c1-5-21-16(20)15(18-13(2)3)12-19(4)11-9-14-8-6-7-10-17-14/h6-8,10,13,15,18H,5,9,11-12H2,1-4H3. The highest BCUT2D eigenvalue weighted by atomic mass is 16.5. The zero-order valence-electron chi connectivity index (χ0n) is 13.5. The minimum absolute atomic E-state index is 0.184. The van der Waals surface area contributed by atoms with Crippen molar-refractivity contribution in [1.29, 1.82) is 0 Å². The Morgan fingerprint density at radius 3 is 2.76 bits per heavy atom. The fourth-order valence-corrected chi connectivity index (χ4v) is 2.09. The van der Waals surface area contributed by atoms with Gasteiger partial charge in [-0.3, -0.25) is 9.78 Å². The van der Waals surface area contributed by atoms with Crippen LogP contribution in [0.4, 0.5) is 0 Å². The van der Waals surface area contributed by atoms with Crippen molar-refractivity contribution in [3.05, 3.63) is 30.1 Å². The van der Waals surface area contributed by atoms with Crippen molar-refractivity contribution in [3.8, 4) is 0 Å². The summed E-state index contributed by atoms with van der Waals surface area (Å²) < 4.78 is 5.13. The lowest BCUT2D eigenvalue weighted by molar-refractivity contribution is -0.146. The Hall–Kier alpha value is -1.46. The first-order valence-corrected chi connectivity index (χ1v) is 7.54. The average Bonchev–Trinajstić information content (AvgIpc) is 2.45. The number of rotatable bonds is 9. The van der Waals surface area contributed by atoms with Crippen LogP contribution >= 0.6 is 0 Å². The van der Waals surface area contributed by atoms with Crippen LogP contribution in [-0.2, 0) is 16.0 Å². The molecule has 0 saturated carbocycles. The SMILES string of the molecule is CCOC(=O)C(CN(C)CCc1ccccn1)NC(C)C. The number of nitrogens with one attached hydrogen (secondary N) is 1. The number of hydrogen-bond donors (Lipinski definition) is 1. The zero-order valence-corrected chi connectivity index (χ0v) is 13.5. The van der Waals surface area contributed by atoms with Crippen molar-refractivity contribution in [3.63, 3.8) is 0 Å². The van der Waals surface area contributed by atoms with Crippen LogP contribution in [0.15, 0.2) is 24.4 Å². The number of pyridine rings is 1. The van der Waals surface area contributed by atoms with E-state index in [0.717, 1.165) is 18.7 Å². The molecule has 0 aliphatic carbocycles. The van der Waals surface area contributed by atoms with E-state index in [0.29, 0.717) is 13.2 Å². The number of ether oxygens (including phenoxy) is 1. The van der Waals surface area contributed by atoms with Gasteiger partial charge in [-0.25, -0.2) is 0 Å². The third-order valence-electron chi connectivity index (χ3n) is 3.08. The molecule has 1 N–H and O–H groups in total. The van der Waals surface area contributed by atoms with E-state index in [-0.39, 0.29) is 18.1 Å². The second-order valence-corrected chi connectivity index (χ2v) is 5.46. The molecule has 0 saturated heterocycles. The number of esters is 1.